The monoisotopic (exact) mass is 450 g/mol. The summed E-state index contributed by atoms with van der Waals surface area (Å²) in [6, 6.07) is 9.29. The largest absolute Gasteiger partial charge is 0.494 e. The van der Waals surface area contributed by atoms with Crippen LogP contribution in [0.15, 0.2) is 24.3 Å². The van der Waals surface area contributed by atoms with Crippen LogP contribution in [0.1, 0.15) is 31.7 Å². The molecule has 0 saturated carbocycles. The minimum atomic E-state index is -3.15. The molecule has 1 N–H and O–H groups in total. The van der Waals surface area contributed by atoms with Crippen molar-refractivity contribution in [1.29, 1.82) is 5.26 Å². The van der Waals surface area contributed by atoms with E-state index < -0.39 is 10.0 Å². The van der Waals surface area contributed by atoms with Crippen molar-refractivity contribution in [2.75, 3.05) is 58.2 Å². The number of unbranched alkanes of at least 4 members (excludes halogenated alkanes) is 1. The Balaban J connectivity index is 1.32. The van der Waals surface area contributed by atoms with E-state index in [2.05, 4.69) is 20.6 Å². The Labute approximate surface area is 186 Å². The predicted molar refractivity (Wildman–Crippen MR) is 120 cm³/mol. The number of rotatable bonds is 12. The van der Waals surface area contributed by atoms with E-state index in [9.17, 15) is 8.42 Å². The van der Waals surface area contributed by atoms with Gasteiger partial charge in [0.1, 0.15) is 5.75 Å². The molecule has 1 aromatic carbocycles. The highest BCUT2D eigenvalue weighted by molar-refractivity contribution is 7.89. The van der Waals surface area contributed by atoms with E-state index in [0.29, 0.717) is 25.1 Å². The number of hydrogen-bond donors (Lipinski definition) is 1. The van der Waals surface area contributed by atoms with E-state index in [1.807, 2.05) is 19.1 Å². The molecular weight excluding hydrogens is 416 g/mol. The van der Waals surface area contributed by atoms with Gasteiger partial charge in [-0.3, -0.25) is 9.80 Å². The van der Waals surface area contributed by atoms with Gasteiger partial charge in [0.2, 0.25) is 10.0 Å². The van der Waals surface area contributed by atoms with Gasteiger partial charge in [0.05, 0.1) is 36.2 Å². The summed E-state index contributed by atoms with van der Waals surface area (Å²) < 4.78 is 38.5. The lowest BCUT2D eigenvalue weighted by Gasteiger charge is -2.45. The Kier molecular flexibility index (Phi) is 9.11. The van der Waals surface area contributed by atoms with E-state index in [1.54, 1.807) is 12.1 Å². The van der Waals surface area contributed by atoms with E-state index in [-0.39, 0.29) is 18.0 Å². The highest BCUT2D eigenvalue weighted by Gasteiger charge is 2.34. The van der Waals surface area contributed by atoms with Crippen molar-refractivity contribution < 1.29 is 17.9 Å². The molecule has 0 aromatic heterocycles. The number of ether oxygens (including phenoxy) is 2. The predicted octanol–water partition coefficient (Wildman–Crippen LogP) is 1.43. The summed E-state index contributed by atoms with van der Waals surface area (Å²) in [7, 11) is -3.15. The number of fused-ring (bicyclic) bond motifs is 2. The molecule has 2 heterocycles. The van der Waals surface area contributed by atoms with Gasteiger partial charge in [-0.15, -0.1) is 0 Å². The number of nitrogens with one attached hydrogen (secondary N) is 1. The van der Waals surface area contributed by atoms with Crippen LogP contribution in [-0.4, -0.2) is 88.6 Å². The van der Waals surface area contributed by atoms with Crippen LogP contribution in [0.4, 0.5) is 0 Å². The Morgan fingerprint density at radius 2 is 1.74 bits per heavy atom. The summed E-state index contributed by atoms with van der Waals surface area (Å²) >= 11 is 0. The van der Waals surface area contributed by atoms with Gasteiger partial charge in [-0.05, 0) is 37.1 Å². The molecule has 0 spiro atoms. The van der Waals surface area contributed by atoms with Crippen LogP contribution in [0.25, 0.3) is 0 Å². The van der Waals surface area contributed by atoms with Gasteiger partial charge >= 0.3 is 0 Å². The second-order valence-electron chi connectivity index (χ2n) is 8.30. The second-order valence-corrected chi connectivity index (χ2v) is 10.2. The molecule has 0 aliphatic carbocycles. The molecule has 2 atom stereocenters. The van der Waals surface area contributed by atoms with Crippen molar-refractivity contribution in [2.24, 2.45) is 0 Å². The summed E-state index contributed by atoms with van der Waals surface area (Å²) in [5.74, 6) is 1.00. The summed E-state index contributed by atoms with van der Waals surface area (Å²) in [6.45, 7) is 8.25. The fourth-order valence-electron chi connectivity index (χ4n) is 4.10. The molecule has 2 unspecified atom stereocenters. The average Bonchev–Trinajstić information content (AvgIpc) is 2.75. The summed E-state index contributed by atoms with van der Waals surface area (Å²) in [5.41, 5.74) is 0.634. The minimum absolute atomic E-state index is 0.170. The molecule has 172 valence electrons. The number of nitriles is 1. The first kappa shape index (κ1) is 24.0. The molecule has 2 bridgehead atoms. The first-order chi connectivity index (χ1) is 15.0. The Morgan fingerprint density at radius 1 is 1.10 bits per heavy atom. The third-order valence-electron chi connectivity index (χ3n) is 5.62. The summed E-state index contributed by atoms with van der Waals surface area (Å²) in [5, 5.41) is 8.84. The van der Waals surface area contributed by atoms with Crippen LogP contribution in [0.5, 0.6) is 5.75 Å². The van der Waals surface area contributed by atoms with Gasteiger partial charge in [0, 0.05) is 45.8 Å². The molecule has 1 aromatic rings. The van der Waals surface area contributed by atoms with Crippen LogP contribution in [0.2, 0.25) is 0 Å². The molecule has 9 heteroatoms. The zero-order chi connectivity index (χ0) is 22.1. The molecular formula is C22H34N4O4S. The van der Waals surface area contributed by atoms with Gasteiger partial charge in [-0.2, -0.15) is 5.26 Å². The zero-order valence-corrected chi connectivity index (χ0v) is 19.1. The molecule has 2 aliphatic rings. The maximum Gasteiger partial charge on any atom is 0.211 e. The van der Waals surface area contributed by atoms with Crippen molar-refractivity contribution in [3.8, 4) is 11.8 Å². The maximum absolute atomic E-state index is 11.9. The third kappa shape index (κ3) is 8.05. The van der Waals surface area contributed by atoms with Gasteiger partial charge in [0.15, 0.2) is 0 Å². The molecule has 0 amide bonds. The zero-order valence-electron chi connectivity index (χ0n) is 18.3. The topological polar surface area (TPSA) is 94.9 Å². The molecule has 8 nitrogen and oxygen atoms in total. The quantitative estimate of drug-likeness (QED) is 0.482. The lowest BCUT2D eigenvalue weighted by atomic mass is 10.1. The number of sulfonamides is 1. The van der Waals surface area contributed by atoms with Crippen molar-refractivity contribution >= 4 is 10.0 Å². The number of benzene rings is 1. The van der Waals surface area contributed by atoms with Crippen molar-refractivity contribution in [3.05, 3.63) is 29.8 Å². The number of morpholine rings is 2. The average molecular weight is 451 g/mol. The van der Waals surface area contributed by atoms with Crippen molar-refractivity contribution in [2.45, 2.75) is 38.4 Å². The molecule has 31 heavy (non-hydrogen) atoms. The minimum Gasteiger partial charge on any atom is -0.494 e. The molecule has 3 rings (SSSR count). The SMILES string of the molecule is CCCCS(=O)(=O)NCCN1CC2CN(CCCOc3ccc(C#N)cc3)CC(C1)O2. The van der Waals surface area contributed by atoms with Crippen LogP contribution in [-0.2, 0) is 14.8 Å². The van der Waals surface area contributed by atoms with E-state index >= 15 is 0 Å². The standard InChI is InChI=1S/C22H34N4O4S/c1-2-3-13-31(27,28)24-9-11-26-17-21-15-25(16-22(18-26)30-21)10-4-12-29-20-7-5-19(14-23)6-8-20/h5-8,21-22,24H,2-4,9-13,15-18H2,1H3. The van der Waals surface area contributed by atoms with Gasteiger partial charge in [-0.1, -0.05) is 13.3 Å². The fraction of sp³-hybridized carbons (Fsp3) is 0.682. The lowest BCUT2D eigenvalue weighted by Crippen LogP contribution is -2.60. The number of nitrogens with zero attached hydrogens (tertiary/aromatic N) is 3. The van der Waals surface area contributed by atoms with Crippen LogP contribution < -0.4 is 9.46 Å². The molecule has 2 saturated heterocycles. The fourth-order valence-corrected chi connectivity index (χ4v) is 5.31. The highest BCUT2D eigenvalue weighted by Crippen LogP contribution is 2.19. The molecule has 2 aliphatic heterocycles. The highest BCUT2D eigenvalue weighted by atomic mass is 32.2. The number of hydrogen-bond acceptors (Lipinski definition) is 7. The second kappa shape index (κ2) is 11.8. The van der Waals surface area contributed by atoms with Crippen LogP contribution >= 0.6 is 0 Å². The first-order valence-corrected chi connectivity index (χ1v) is 12.8. The Hall–Kier alpha value is -1.70. The third-order valence-corrected chi connectivity index (χ3v) is 7.09. The van der Waals surface area contributed by atoms with Crippen LogP contribution in [0, 0.1) is 11.3 Å². The van der Waals surface area contributed by atoms with Crippen LogP contribution in [0.3, 0.4) is 0 Å². The van der Waals surface area contributed by atoms with Gasteiger partial charge < -0.3 is 9.47 Å². The summed E-state index contributed by atoms with van der Waals surface area (Å²) in [6.07, 6.45) is 2.85. The Bertz CT molecular complexity index is 811. The van der Waals surface area contributed by atoms with Gasteiger partial charge in [-0.25, -0.2) is 13.1 Å². The lowest BCUT2D eigenvalue weighted by molar-refractivity contribution is -0.138. The summed E-state index contributed by atoms with van der Waals surface area (Å²) in [4.78, 5) is 4.75. The molecule has 2 fully saturated rings. The van der Waals surface area contributed by atoms with E-state index in [1.165, 1.54) is 0 Å². The normalized spacial score (nSPS) is 22.2. The Morgan fingerprint density at radius 3 is 2.35 bits per heavy atom. The van der Waals surface area contributed by atoms with E-state index in [0.717, 1.165) is 57.9 Å². The first-order valence-electron chi connectivity index (χ1n) is 11.2. The van der Waals surface area contributed by atoms with Gasteiger partial charge in [0.25, 0.3) is 0 Å². The maximum atomic E-state index is 11.9. The smallest absolute Gasteiger partial charge is 0.211 e. The van der Waals surface area contributed by atoms with E-state index in [4.69, 9.17) is 14.7 Å². The van der Waals surface area contributed by atoms with Crippen molar-refractivity contribution in [1.82, 2.24) is 14.5 Å². The molecule has 0 radical (unpaired) electrons. The van der Waals surface area contributed by atoms with Crippen molar-refractivity contribution in [3.63, 3.8) is 0 Å².